The quantitative estimate of drug-likeness (QED) is 0.790. The standard InChI is InChI=1S/C13H24N4/c1-3-11(8-9-14)4-7-13-16-15-10(2)17(13)12-5-6-12/h11-12H,3-9,14H2,1-2H3. The SMILES string of the molecule is CCC(CCN)CCc1nnc(C)n1C1CC1. The Bertz CT molecular complexity index is 354. The number of aromatic nitrogens is 3. The number of hydrogen-bond donors (Lipinski definition) is 1. The number of nitrogens with two attached hydrogens (primary N) is 1. The summed E-state index contributed by atoms with van der Waals surface area (Å²) in [7, 11) is 0. The van der Waals surface area contributed by atoms with Crippen molar-refractivity contribution in [1.82, 2.24) is 14.8 Å². The summed E-state index contributed by atoms with van der Waals surface area (Å²) in [5, 5.41) is 8.54. The summed E-state index contributed by atoms with van der Waals surface area (Å²) >= 11 is 0. The van der Waals surface area contributed by atoms with E-state index in [-0.39, 0.29) is 0 Å². The van der Waals surface area contributed by atoms with E-state index in [2.05, 4.69) is 28.6 Å². The van der Waals surface area contributed by atoms with Gasteiger partial charge in [-0.25, -0.2) is 0 Å². The third-order valence-electron chi connectivity index (χ3n) is 3.78. The molecule has 1 aliphatic rings. The molecule has 1 saturated carbocycles. The number of rotatable bonds is 7. The maximum atomic E-state index is 5.63. The number of hydrogen-bond acceptors (Lipinski definition) is 3. The molecule has 4 nitrogen and oxygen atoms in total. The molecule has 1 unspecified atom stereocenters. The fraction of sp³-hybridized carbons (Fsp3) is 0.846. The Morgan fingerprint density at radius 3 is 2.71 bits per heavy atom. The third-order valence-corrected chi connectivity index (χ3v) is 3.78. The molecule has 1 aliphatic carbocycles. The molecule has 0 aliphatic heterocycles. The van der Waals surface area contributed by atoms with E-state index in [1.54, 1.807) is 0 Å². The van der Waals surface area contributed by atoms with Crippen LogP contribution in [-0.2, 0) is 6.42 Å². The van der Waals surface area contributed by atoms with Gasteiger partial charge in [0.1, 0.15) is 11.6 Å². The molecule has 0 saturated heterocycles. The van der Waals surface area contributed by atoms with Crippen molar-refractivity contribution in [3.8, 4) is 0 Å². The average molecular weight is 236 g/mol. The van der Waals surface area contributed by atoms with Crippen molar-refractivity contribution < 1.29 is 0 Å². The fourth-order valence-corrected chi connectivity index (χ4v) is 2.51. The molecular weight excluding hydrogens is 212 g/mol. The fourth-order valence-electron chi connectivity index (χ4n) is 2.51. The summed E-state index contributed by atoms with van der Waals surface area (Å²) in [6.45, 7) is 5.11. The minimum atomic E-state index is 0.689. The van der Waals surface area contributed by atoms with Crippen LogP contribution < -0.4 is 5.73 Å². The summed E-state index contributed by atoms with van der Waals surface area (Å²) in [5.41, 5.74) is 5.63. The zero-order chi connectivity index (χ0) is 12.3. The molecule has 1 aromatic heterocycles. The van der Waals surface area contributed by atoms with Gasteiger partial charge in [-0.15, -0.1) is 10.2 Å². The predicted octanol–water partition coefficient (Wildman–Crippen LogP) is 2.23. The smallest absolute Gasteiger partial charge is 0.133 e. The highest BCUT2D eigenvalue weighted by molar-refractivity contribution is 5.01. The second-order valence-electron chi connectivity index (χ2n) is 5.15. The Hall–Kier alpha value is -0.900. The van der Waals surface area contributed by atoms with Crippen LogP contribution in [0.4, 0.5) is 0 Å². The van der Waals surface area contributed by atoms with Crippen molar-refractivity contribution in [2.45, 2.75) is 58.4 Å². The molecule has 17 heavy (non-hydrogen) atoms. The Balaban J connectivity index is 1.94. The van der Waals surface area contributed by atoms with Gasteiger partial charge in [0.05, 0.1) is 0 Å². The molecule has 0 radical (unpaired) electrons. The lowest BCUT2D eigenvalue weighted by atomic mass is 9.96. The Labute approximate surface area is 104 Å². The van der Waals surface area contributed by atoms with Crippen LogP contribution in [0.3, 0.4) is 0 Å². The van der Waals surface area contributed by atoms with Gasteiger partial charge in [0, 0.05) is 12.5 Å². The second kappa shape index (κ2) is 5.63. The van der Waals surface area contributed by atoms with Crippen molar-refractivity contribution in [2.75, 3.05) is 6.54 Å². The maximum Gasteiger partial charge on any atom is 0.133 e. The van der Waals surface area contributed by atoms with E-state index in [1.807, 2.05) is 0 Å². The summed E-state index contributed by atoms with van der Waals surface area (Å²) in [6.07, 6.45) is 7.19. The molecule has 4 heteroatoms. The van der Waals surface area contributed by atoms with E-state index in [0.717, 1.165) is 31.1 Å². The van der Waals surface area contributed by atoms with Gasteiger partial charge in [-0.2, -0.15) is 0 Å². The van der Waals surface area contributed by atoms with Gasteiger partial charge in [-0.1, -0.05) is 13.3 Å². The minimum absolute atomic E-state index is 0.689. The van der Waals surface area contributed by atoms with Gasteiger partial charge in [-0.3, -0.25) is 0 Å². The predicted molar refractivity (Wildman–Crippen MR) is 68.8 cm³/mol. The average Bonchev–Trinajstić information content (AvgIpc) is 3.09. The molecule has 0 bridgehead atoms. The first-order chi connectivity index (χ1) is 8.26. The molecule has 0 aromatic carbocycles. The normalized spacial score (nSPS) is 17.4. The van der Waals surface area contributed by atoms with Crippen LogP contribution in [0, 0.1) is 12.8 Å². The first-order valence-corrected chi connectivity index (χ1v) is 6.86. The lowest BCUT2D eigenvalue weighted by molar-refractivity contribution is 0.434. The monoisotopic (exact) mass is 236 g/mol. The second-order valence-corrected chi connectivity index (χ2v) is 5.15. The van der Waals surface area contributed by atoms with Crippen LogP contribution in [0.5, 0.6) is 0 Å². The van der Waals surface area contributed by atoms with E-state index >= 15 is 0 Å². The Morgan fingerprint density at radius 1 is 1.35 bits per heavy atom. The highest BCUT2D eigenvalue weighted by atomic mass is 15.3. The molecule has 1 atom stereocenters. The van der Waals surface area contributed by atoms with Gasteiger partial charge in [0.2, 0.25) is 0 Å². The van der Waals surface area contributed by atoms with Crippen LogP contribution >= 0.6 is 0 Å². The molecule has 1 aromatic rings. The molecule has 0 amide bonds. The maximum absolute atomic E-state index is 5.63. The molecule has 2 rings (SSSR count). The zero-order valence-corrected chi connectivity index (χ0v) is 11.0. The number of aryl methyl sites for hydroxylation is 2. The first-order valence-electron chi connectivity index (χ1n) is 6.86. The highest BCUT2D eigenvalue weighted by Crippen LogP contribution is 2.36. The van der Waals surface area contributed by atoms with Crippen LogP contribution in [-0.4, -0.2) is 21.3 Å². The van der Waals surface area contributed by atoms with Crippen LogP contribution in [0.2, 0.25) is 0 Å². The van der Waals surface area contributed by atoms with Gasteiger partial charge >= 0.3 is 0 Å². The lowest BCUT2D eigenvalue weighted by Gasteiger charge is -2.13. The van der Waals surface area contributed by atoms with Crippen molar-refractivity contribution >= 4 is 0 Å². The molecule has 1 heterocycles. The van der Waals surface area contributed by atoms with Crippen LogP contribution in [0.25, 0.3) is 0 Å². The van der Waals surface area contributed by atoms with Gasteiger partial charge < -0.3 is 10.3 Å². The minimum Gasteiger partial charge on any atom is -0.330 e. The van der Waals surface area contributed by atoms with E-state index in [4.69, 9.17) is 5.73 Å². The molecule has 0 spiro atoms. The Kier molecular flexibility index (Phi) is 4.15. The van der Waals surface area contributed by atoms with Gasteiger partial charge in [0.25, 0.3) is 0 Å². The largest absolute Gasteiger partial charge is 0.330 e. The van der Waals surface area contributed by atoms with Crippen LogP contribution in [0.15, 0.2) is 0 Å². The van der Waals surface area contributed by atoms with Crippen molar-refractivity contribution in [3.05, 3.63) is 11.6 Å². The molecular formula is C13H24N4. The van der Waals surface area contributed by atoms with Crippen LogP contribution in [0.1, 0.15) is 56.7 Å². The molecule has 1 fully saturated rings. The van der Waals surface area contributed by atoms with E-state index < -0.39 is 0 Å². The molecule has 2 N–H and O–H groups in total. The highest BCUT2D eigenvalue weighted by Gasteiger charge is 2.28. The van der Waals surface area contributed by atoms with E-state index in [0.29, 0.717) is 6.04 Å². The van der Waals surface area contributed by atoms with Gasteiger partial charge in [-0.05, 0) is 45.1 Å². The summed E-state index contributed by atoms with van der Waals surface area (Å²) in [5.74, 6) is 3.00. The van der Waals surface area contributed by atoms with Gasteiger partial charge in [0.15, 0.2) is 0 Å². The topological polar surface area (TPSA) is 56.7 Å². The first kappa shape index (κ1) is 12.6. The third kappa shape index (κ3) is 3.06. The number of nitrogens with zero attached hydrogens (tertiary/aromatic N) is 3. The lowest BCUT2D eigenvalue weighted by Crippen LogP contribution is -2.11. The summed E-state index contributed by atoms with van der Waals surface area (Å²) < 4.78 is 2.34. The van der Waals surface area contributed by atoms with E-state index in [1.165, 1.54) is 31.5 Å². The van der Waals surface area contributed by atoms with E-state index in [9.17, 15) is 0 Å². The van der Waals surface area contributed by atoms with Crippen molar-refractivity contribution in [3.63, 3.8) is 0 Å². The molecule has 96 valence electrons. The Morgan fingerprint density at radius 2 is 2.12 bits per heavy atom. The summed E-state index contributed by atoms with van der Waals surface area (Å²) in [6, 6.07) is 0.689. The summed E-state index contributed by atoms with van der Waals surface area (Å²) in [4.78, 5) is 0. The van der Waals surface area contributed by atoms with Crippen molar-refractivity contribution in [1.29, 1.82) is 0 Å². The zero-order valence-electron chi connectivity index (χ0n) is 11.0. The van der Waals surface area contributed by atoms with Crippen molar-refractivity contribution in [2.24, 2.45) is 11.7 Å².